The van der Waals surface area contributed by atoms with Crippen LogP contribution in [0.2, 0.25) is 0 Å². The lowest BCUT2D eigenvalue weighted by atomic mass is 10.1. The number of rotatable bonds is 48. The molecule has 0 saturated carbocycles. The van der Waals surface area contributed by atoms with Crippen LogP contribution in [0.3, 0.4) is 0 Å². The smallest absolute Gasteiger partial charge is 0.306 e. The van der Waals surface area contributed by atoms with Gasteiger partial charge in [-0.1, -0.05) is 212 Å². The molecule has 0 heterocycles. The van der Waals surface area contributed by atoms with Crippen molar-refractivity contribution in [3.8, 4) is 0 Å². The molecule has 6 heteroatoms. The Morgan fingerprint density at radius 1 is 0.300 bits per heavy atom. The largest absolute Gasteiger partial charge is 0.462 e. The first-order chi connectivity index (χ1) is 34.5. The molecule has 0 spiro atoms. The van der Waals surface area contributed by atoms with Crippen LogP contribution in [0.25, 0.3) is 0 Å². The lowest BCUT2D eigenvalue weighted by molar-refractivity contribution is -0.167. The summed E-state index contributed by atoms with van der Waals surface area (Å²) in [6, 6.07) is 0. The van der Waals surface area contributed by atoms with Gasteiger partial charge in [0.25, 0.3) is 0 Å². The summed E-state index contributed by atoms with van der Waals surface area (Å²) in [5.41, 5.74) is 0. The van der Waals surface area contributed by atoms with E-state index in [0.29, 0.717) is 19.3 Å². The van der Waals surface area contributed by atoms with E-state index in [1.807, 2.05) is 0 Å². The molecular formula is C64H100O6. The second-order valence-corrected chi connectivity index (χ2v) is 17.7. The second kappa shape index (κ2) is 56.9. The van der Waals surface area contributed by atoms with E-state index in [1.54, 1.807) is 0 Å². The van der Waals surface area contributed by atoms with E-state index in [9.17, 15) is 14.4 Å². The van der Waals surface area contributed by atoms with Crippen LogP contribution in [0.4, 0.5) is 0 Å². The van der Waals surface area contributed by atoms with Crippen LogP contribution in [-0.2, 0) is 28.6 Å². The normalized spacial score (nSPS) is 13.2. The zero-order valence-corrected chi connectivity index (χ0v) is 44.7. The number of carbonyl (C=O) groups is 3. The zero-order chi connectivity index (χ0) is 50.7. The molecule has 0 unspecified atom stereocenters. The Morgan fingerprint density at radius 2 is 0.557 bits per heavy atom. The fourth-order valence-corrected chi connectivity index (χ4v) is 6.92. The van der Waals surface area contributed by atoms with Gasteiger partial charge >= 0.3 is 17.9 Å². The van der Waals surface area contributed by atoms with E-state index in [4.69, 9.17) is 14.2 Å². The van der Waals surface area contributed by atoms with Crippen LogP contribution in [0, 0.1) is 0 Å². The molecule has 0 amide bonds. The van der Waals surface area contributed by atoms with Crippen molar-refractivity contribution in [2.75, 3.05) is 13.2 Å². The molecule has 392 valence electrons. The highest BCUT2D eigenvalue weighted by Crippen LogP contribution is 2.12. The first-order valence-electron chi connectivity index (χ1n) is 27.8. The summed E-state index contributed by atoms with van der Waals surface area (Å²) in [6.07, 6.45) is 81.1. The highest BCUT2D eigenvalue weighted by atomic mass is 16.6. The van der Waals surface area contributed by atoms with Gasteiger partial charge in [0.2, 0.25) is 0 Å². The summed E-state index contributed by atoms with van der Waals surface area (Å²) in [5, 5.41) is 0. The molecular weight excluding hydrogens is 865 g/mol. The maximum absolute atomic E-state index is 12.8. The number of unbranched alkanes of at least 4 members (excludes halogenated alkanes) is 13. The maximum atomic E-state index is 12.8. The van der Waals surface area contributed by atoms with Gasteiger partial charge in [-0.25, -0.2) is 0 Å². The van der Waals surface area contributed by atoms with Crippen LogP contribution in [-0.4, -0.2) is 37.2 Å². The highest BCUT2D eigenvalue weighted by Gasteiger charge is 2.19. The molecule has 0 aromatic rings. The summed E-state index contributed by atoms with van der Waals surface area (Å²) in [4.78, 5) is 38.1. The monoisotopic (exact) mass is 965 g/mol. The van der Waals surface area contributed by atoms with Crippen molar-refractivity contribution in [3.05, 3.63) is 146 Å². The minimum absolute atomic E-state index is 0.116. The van der Waals surface area contributed by atoms with E-state index < -0.39 is 6.10 Å². The van der Waals surface area contributed by atoms with E-state index in [2.05, 4.69) is 167 Å². The van der Waals surface area contributed by atoms with Gasteiger partial charge in [0.1, 0.15) is 13.2 Å². The lowest BCUT2D eigenvalue weighted by Crippen LogP contribution is -2.30. The minimum atomic E-state index is -0.822. The number of ether oxygens (including phenoxy) is 3. The van der Waals surface area contributed by atoms with Gasteiger partial charge in [0.15, 0.2) is 6.10 Å². The molecule has 0 rings (SSSR count). The topological polar surface area (TPSA) is 78.9 Å². The van der Waals surface area contributed by atoms with Crippen molar-refractivity contribution in [2.24, 2.45) is 0 Å². The van der Waals surface area contributed by atoms with Crippen molar-refractivity contribution in [2.45, 2.75) is 226 Å². The van der Waals surface area contributed by atoms with Crippen molar-refractivity contribution in [1.82, 2.24) is 0 Å². The SMILES string of the molecule is CC/C=C\C/C=C\C/C=C\C/C=C\C/C=C\CCCCCC(=O)OC[C@@H](COC(=O)CCCCCCC/C=C\C/C=C\CCCC)OC(=O)CCCCC/C=C\C/C=C\C/C=C\C/C=C\C/C=C\CC. The van der Waals surface area contributed by atoms with Crippen LogP contribution >= 0.6 is 0 Å². The average molecular weight is 965 g/mol. The number of allylic oxidation sites excluding steroid dienone is 24. The highest BCUT2D eigenvalue weighted by molar-refractivity contribution is 5.71. The Balaban J connectivity index is 4.56. The van der Waals surface area contributed by atoms with Crippen LogP contribution in [0.15, 0.2) is 146 Å². The third kappa shape index (κ3) is 54.2. The molecule has 0 aliphatic carbocycles. The predicted molar refractivity (Wildman–Crippen MR) is 302 cm³/mol. The van der Waals surface area contributed by atoms with E-state index in [0.717, 1.165) is 154 Å². The van der Waals surface area contributed by atoms with Gasteiger partial charge in [-0.3, -0.25) is 14.4 Å². The molecule has 0 aliphatic heterocycles. The maximum Gasteiger partial charge on any atom is 0.306 e. The third-order valence-electron chi connectivity index (χ3n) is 11.1. The van der Waals surface area contributed by atoms with Gasteiger partial charge in [-0.05, 0) is 135 Å². The van der Waals surface area contributed by atoms with Crippen LogP contribution in [0.5, 0.6) is 0 Å². The van der Waals surface area contributed by atoms with Gasteiger partial charge in [0, 0.05) is 19.3 Å². The number of carbonyl (C=O) groups excluding carboxylic acids is 3. The van der Waals surface area contributed by atoms with Gasteiger partial charge in [-0.2, -0.15) is 0 Å². The molecule has 0 bridgehead atoms. The molecule has 0 radical (unpaired) electrons. The van der Waals surface area contributed by atoms with Crippen LogP contribution < -0.4 is 0 Å². The fraction of sp³-hybridized carbons (Fsp3) is 0.578. The first-order valence-corrected chi connectivity index (χ1v) is 27.8. The van der Waals surface area contributed by atoms with Crippen LogP contribution in [0.1, 0.15) is 220 Å². The average Bonchev–Trinajstić information content (AvgIpc) is 3.36. The van der Waals surface area contributed by atoms with Gasteiger partial charge < -0.3 is 14.2 Å². The van der Waals surface area contributed by atoms with Gasteiger partial charge in [-0.15, -0.1) is 0 Å². The molecule has 6 nitrogen and oxygen atoms in total. The molecule has 70 heavy (non-hydrogen) atoms. The first kappa shape index (κ1) is 65.3. The Labute approximate surface area is 429 Å². The Kier molecular flexibility index (Phi) is 53.0. The second-order valence-electron chi connectivity index (χ2n) is 17.7. The van der Waals surface area contributed by atoms with E-state index >= 15 is 0 Å². The number of hydrogen-bond donors (Lipinski definition) is 0. The minimum Gasteiger partial charge on any atom is -0.462 e. The molecule has 0 fully saturated rings. The summed E-state index contributed by atoms with van der Waals surface area (Å²) in [6.45, 7) is 6.28. The van der Waals surface area contributed by atoms with E-state index in [1.165, 1.54) is 19.3 Å². The summed E-state index contributed by atoms with van der Waals surface area (Å²) in [5.74, 6) is -1.00. The fourth-order valence-electron chi connectivity index (χ4n) is 6.92. The number of hydrogen-bond acceptors (Lipinski definition) is 6. The molecule has 0 N–H and O–H groups in total. The Bertz CT molecular complexity index is 1580. The Morgan fingerprint density at radius 3 is 0.886 bits per heavy atom. The van der Waals surface area contributed by atoms with Crippen molar-refractivity contribution in [1.29, 1.82) is 0 Å². The zero-order valence-electron chi connectivity index (χ0n) is 44.7. The Hall–Kier alpha value is -4.71. The standard InChI is InChI=1S/C64H100O6/c1-4-7-10-13-16-19-22-25-28-30-32-34-36-39-42-45-48-51-54-57-63(66)69-60-61(59-68-62(65)56-53-50-47-44-41-38-27-24-21-18-15-12-9-6-3)70-64(67)58-55-52-49-46-43-40-37-35-33-31-29-26-23-20-17-14-11-8-5-2/h7-8,10-11,15-20,24-29,32-35,39-40,42-43,61H,4-6,9,12-14,21-23,30-31,36-38,41,44-60H2,1-3H3/b10-7-,11-8-,18-15-,19-16-,20-17-,27-24-,28-25-,29-26-,34-32-,35-33-,42-39-,43-40-/t61-/m1/s1. The van der Waals surface area contributed by atoms with Crippen molar-refractivity contribution >= 4 is 17.9 Å². The summed E-state index contributed by atoms with van der Waals surface area (Å²) >= 11 is 0. The van der Waals surface area contributed by atoms with Crippen molar-refractivity contribution < 1.29 is 28.6 Å². The molecule has 0 saturated heterocycles. The summed E-state index contributed by atoms with van der Waals surface area (Å²) < 4.78 is 16.8. The molecule has 0 aliphatic rings. The lowest BCUT2D eigenvalue weighted by Gasteiger charge is -2.18. The van der Waals surface area contributed by atoms with Crippen molar-refractivity contribution in [3.63, 3.8) is 0 Å². The molecule has 0 aromatic heterocycles. The molecule has 1 atom stereocenters. The quantitative estimate of drug-likeness (QED) is 0.0262. The predicted octanol–water partition coefficient (Wildman–Crippen LogP) is 18.8. The molecule has 0 aromatic carbocycles. The third-order valence-corrected chi connectivity index (χ3v) is 11.1. The number of esters is 3. The summed E-state index contributed by atoms with van der Waals surface area (Å²) in [7, 11) is 0. The van der Waals surface area contributed by atoms with E-state index in [-0.39, 0.29) is 37.5 Å². The van der Waals surface area contributed by atoms with Gasteiger partial charge in [0.05, 0.1) is 0 Å².